The van der Waals surface area contributed by atoms with E-state index in [-0.39, 0.29) is 5.41 Å². The lowest BCUT2D eigenvalue weighted by Crippen LogP contribution is -2.63. The molecule has 1 heteroatoms. The van der Waals surface area contributed by atoms with Crippen LogP contribution >= 0.6 is 0 Å². The second-order valence-corrected chi connectivity index (χ2v) is 9.09. The van der Waals surface area contributed by atoms with Crippen LogP contribution in [0.1, 0.15) is 43.7 Å². The van der Waals surface area contributed by atoms with Crippen molar-refractivity contribution in [1.29, 1.82) is 0 Å². The molecule has 2 bridgehead atoms. The zero-order valence-corrected chi connectivity index (χ0v) is 17.0. The maximum absolute atomic E-state index is 2.70. The Morgan fingerprint density at radius 3 is 2.04 bits per heavy atom. The van der Waals surface area contributed by atoms with Gasteiger partial charge < -0.3 is 4.90 Å². The smallest absolute Gasteiger partial charge is 0.0375 e. The predicted molar refractivity (Wildman–Crippen MR) is 119 cm³/mol. The molecule has 0 spiro atoms. The van der Waals surface area contributed by atoms with E-state index in [4.69, 9.17) is 0 Å². The summed E-state index contributed by atoms with van der Waals surface area (Å²) in [6.45, 7) is 5.90. The van der Waals surface area contributed by atoms with Crippen molar-refractivity contribution in [1.82, 2.24) is 0 Å². The molecule has 3 aromatic rings. The molecule has 0 unspecified atom stereocenters. The Bertz CT molecular complexity index is 966. The average Bonchev–Trinajstić information content (AvgIpc) is 2.76. The molecule has 1 aliphatic carbocycles. The molecule has 142 valence electrons. The number of piperidine rings is 2. The van der Waals surface area contributed by atoms with E-state index in [1.54, 1.807) is 5.56 Å². The Morgan fingerprint density at radius 1 is 0.714 bits per heavy atom. The summed E-state index contributed by atoms with van der Waals surface area (Å²) in [5.41, 5.74) is 7.62. The van der Waals surface area contributed by atoms with Crippen molar-refractivity contribution in [3.8, 4) is 11.1 Å². The number of fused-ring (bicyclic) bond motifs is 3. The first-order chi connectivity index (χ1) is 13.6. The van der Waals surface area contributed by atoms with Crippen LogP contribution in [0, 0.1) is 6.92 Å². The van der Waals surface area contributed by atoms with Crippen molar-refractivity contribution in [2.45, 2.75) is 50.5 Å². The maximum atomic E-state index is 2.70. The van der Waals surface area contributed by atoms with Gasteiger partial charge in [-0.3, -0.25) is 0 Å². The number of hydrogen-bond donors (Lipinski definition) is 0. The second-order valence-electron chi connectivity index (χ2n) is 9.09. The molecule has 3 fully saturated rings. The van der Waals surface area contributed by atoms with Crippen LogP contribution in [-0.2, 0) is 5.41 Å². The van der Waals surface area contributed by atoms with Crippen LogP contribution in [0.15, 0.2) is 78.9 Å². The second kappa shape index (κ2) is 6.51. The fourth-order valence-electron chi connectivity index (χ4n) is 5.56. The van der Waals surface area contributed by atoms with E-state index >= 15 is 0 Å². The van der Waals surface area contributed by atoms with Crippen molar-refractivity contribution in [2.75, 3.05) is 11.4 Å². The van der Waals surface area contributed by atoms with Crippen LogP contribution in [0.4, 0.5) is 5.69 Å². The van der Waals surface area contributed by atoms with Crippen LogP contribution in [0.25, 0.3) is 11.1 Å². The minimum atomic E-state index is 0.266. The van der Waals surface area contributed by atoms with Crippen molar-refractivity contribution < 1.29 is 0 Å². The summed E-state index contributed by atoms with van der Waals surface area (Å²) < 4.78 is 0. The minimum absolute atomic E-state index is 0.266. The fourth-order valence-corrected chi connectivity index (χ4v) is 5.56. The Labute approximate surface area is 169 Å². The highest BCUT2D eigenvalue weighted by molar-refractivity contribution is 5.66. The van der Waals surface area contributed by atoms with Gasteiger partial charge in [0, 0.05) is 23.2 Å². The third-order valence-corrected chi connectivity index (χ3v) is 7.38. The average molecular weight is 368 g/mol. The van der Waals surface area contributed by atoms with Gasteiger partial charge in [-0.1, -0.05) is 66.7 Å². The van der Waals surface area contributed by atoms with Crippen LogP contribution in [0.2, 0.25) is 0 Å². The highest BCUT2D eigenvalue weighted by Gasteiger charge is 2.51. The van der Waals surface area contributed by atoms with E-state index in [0.29, 0.717) is 5.54 Å². The number of para-hydroxylation sites is 1. The molecular formula is C27H29N. The Balaban J connectivity index is 1.57. The summed E-state index contributed by atoms with van der Waals surface area (Å²) in [7, 11) is 0. The maximum Gasteiger partial charge on any atom is 0.0375 e. The molecule has 0 amide bonds. The molecule has 0 atom stereocenters. The number of rotatable bonds is 3. The lowest BCUT2D eigenvalue weighted by atomic mass is 9.58. The number of benzene rings is 3. The summed E-state index contributed by atoms with van der Waals surface area (Å²) in [4.78, 5) is 2.70. The molecule has 3 aliphatic rings. The molecule has 28 heavy (non-hydrogen) atoms. The molecule has 0 radical (unpaired) electrons. The standard InChI is InChI=1S/C27H29N/c1-21-13-14-23(22-9-5-3-6-10-22)19-25(21)27-17-15-26(2,16-18-27)28(20-27)24-11-7-4-8-12-24/h3-14,19H,15-18,20H2,1-2H3. The molecule has 1 nitrogen and oxygen atoms in total. The Kier molecular flexibility index (Phi) is 4.08. The zero-order valence-electron chi connectivity index (χ0n) is 17.0. The normalized spacial score (nSPS) is 26.4. The van der Waals surface area contributed by atoms with Crippen molar-refractivity contribution in [2.24, 2.45) is 0 Å². The Hall–Kier alpha value is -2.54. The summed E-state index contributed by atoms with van der Waals surface area (Å²) in [6.07, 6.45) is 5.14. The predicted octanol–water partition coefficient (Wildman–Crippen LogP) is 6.75. The van der Waals surface area contributed by atoms with Gasteiger partial charge in [-0.15, -0.1) is 0 Å². The molecule has 2 heterocycles. The molecule has 2 aliphatic heterocycles. The summed E-state index contributed by atoms with van der Waals surface area (Å²) in [5.74, 6) is 0. The van der Waals surface area contributed by atoms with E-state index in [9.17, 15) is 0 Å². The van der Waals surface area contributed by atoms with Gasteiger partial charge in [-0.25, -0.2) is 0 Å². The Morgan fingerprint density at radius 2 is 1.36 bits per heavy atom. The molecule has 1 saturated carbocycles. The fraction of sp³-hybridized carbons (Fsp3) is 0.333. The number of hydrogen-bond acceptors (Lipinski definition) is 1. The molecule has 0 N–H and O–H groups in total. The minimum Gasteiger partial charge on any atom is -0.365 e. The van der Waals surface area contributed by atoms with Gasteiger partial charge in [-0.2, -0.15) is 0 Å². The third kappa shape index (κ3) is 2.76. The monoisotopic (exact) mass is 367 g/mol. The van der Waals surface area contributed by atoms with E-state index in [2.05, 4.69) is 97.6 Å². The largest absolute Gasteiger partial charge is 0.365 e. The van der Waals surface area contributed by atoms with Gasteiger partial charge in [0.05, 0.1) is 0 Å². The quantitative estimate of drug-likeness (QED) is 0.495. The first-order valence-corrected chi connectivity index (χ1v) is 10.6. The summed E-state index contributed by atoms with van der Waals surface area (Å²) >= 11 is 0. The third-order valence-electron chi connectivity index (χ3n) is 7.38. The molecule has 3 aromatic carbocycles. The summed E-state index contributed by atoms with van der Waals surface area (Å²) in [6, 6.07) is 29.0. The highest BCUT2D eigenvalue weighted by Crippen LogP contribution is 2.53. The first kappa shape index (κ1) is 17.6. The van der Waals surface area contributed by atoms with Gasteiger partial charge in [0.15, 0.2) is 0 Å². The lowest BCUT2D eigenvalue weighted by Gasteiger charge is -2.60. The van der Waals surface area contributed by atoms with Gasteiger partial charge in [0.1, 0.15) is 0 Å². The molecular weight excluding hydrogens is 338 g/mol. The van der Waals surface area contributed by atoms with Gasteiger partial charge in [0.25, 0.3) is 0 Å². The SMILES string of the molecule is Cc1ccc(-c2ccccc2)cc1C12CCC(C)(CC1)N(c1ccccc1)C2. The summed E-state index contributed by atoms with van der Waals surface area (Å²) in [5, 5.41) is 0. The van der Waals surface area contributed by atoms with Crippen LogP contribution in [-0.4, -0.2) is 12.1 Å². The highest BCUT2D eigenvalue weighted by atomic mass is 15.2. The zero-order chi connectivity index (χ0) is 19.2. The number of aryl methyl sites for hydroxylation is 1. The van der Waals surface area contributed by atoms with Gasteiger partial charge >= 0.3 is 0 Å². The van der Waals surface area contributed by atoms with Crippen LogP contribution < -0.4 is 4.90 Å². The van der Waals surface area contributed by atoms with Gasteiger partial charge in [0.2, 0.25) is 0 Å². The lowest BCUT2D eigenvalue weighted by molar-refractivity contribution is 0.140. The van der Waals surface area contributed by atoms with Crippen molar-refractivity contribution in [3.05, 3.63) is 90.0 Å². The van der Waals surface area contributed by atoms with E-state index < -0.39 is 0 Å². The van der Waals surface area contributed by atoms with E-state index in [1.165, 1.54) is 48.1 Å². The van der Waals surface area contributed by atoms with E-state index in [0.717, 1.165) is 6.54 Å². The first-order valence-electron chi connectivity index (χ1n) is 10.6. The molecule has 6 rings (SSSR count). The van der Waals surface area contributed by atoms with Crippen molar-refractivity contribution >= 4 is 5.69 Å². The number of anilines is 1. The van der Waals surface area contributed by atoms with Crippen LogP contribution in [0.5, 0.6) is 0 Å². The number of nitrogens with zero attached hydrogens (tertiary/aromatic N) is 1. The molecule has 2 saturated heterocycles. The van der Waals surface area contributed by atoms with Crippen LogP contribution in [0.3, 0.4) is 0 Å². The van der Waals surface area contributed by atoms with Gasteiger partial charge in [-0.05, 0) is 73.9 Å². The molecule has 0 aromatic heterocycles. The van der Waals surface area contributed by atoms with Crippen molar-refractivity contribution in [3.63, 3.8) is 0 Å². The van der Waals surface area contributed by atoms with E-state index in [1.807, 2.05) is 0 Å². The topological polar surface area (TPSA) is 3.24 Å².